The second-order valence-electron chi connectivity index (χ2n) is 7.28. The number of aromatic nitrogens is 3. The van der Waals surface area contributed by atoms with Gasteiger partial charge in [-0.15, -0.1) is 0 Å². The molecule has 1 amide bonds. The van der Waals surface area contributed by atoms with Crippen molar-refractivity contribution in [1.29, 1.82) is 0 Å². The van der Waals surface area contributed by atoms with E-state index in [1.807, 2.05) is 44.2 Å². The van der Waals surface area contributed by atoms with E-state index in [9.17, 15) is 9.18 Å². The van der Waals surface area contributed by atoms with E-state index >= 15 is 0 Å². The van der Waals surface area contributed by atoms with Crippen LogP contribution in [-0.4, -0.2) is 27.0 Å². The monoisotopic (exact) mass is 388 g/mol. The molecular formula is C23H21FN4O. The van der Waals surface area contributed by atoms with E-state index < -0.39 is 0 Å². The van der Waals surface area contributed by atoms with Crippen molar-refractivity contribution in [3.05, 3.63) is 78.2 Å². The molecule has 0 saturated heterocycles. The van der Waals surface area contributed by atoms with Crippen LogP contribution in [-0.2, 0) is 0 Å². The lowest BCUT2D eigenvalue weighted by molar-refractivity contribution is 0.0944. The molecule has 4 rings (SSSR count). The SMILES string of the molecule is CC(C)CNC(=O)c1cc(-c2ccccc2F)n2nc(-c3ccccc3)cc2n1. The van der Waals surface area contributed by atoms with Crippen LogP contribution in [0, 0.1) is 11.7 Å². The maximum atomic E-state index is 14.6. The van der Waals surface area contributed by atoms with Crippen molar-refractivity contribution in [1.82, 2.24) is 19.9 Å². The molecule has 1 N–H and O–H groups in total. The molecule has 2 heterocycles. The first-order valence-electron chi connectivity index (χ1n) is 9.52. The van der Waals surface area contributed by atoms with E-state index in [0.717, 1.165) is 5.56 Å². The number of nitrogens with zero attached hydrogens (tertiary/aromatic N) is 3. The Balaban J connectivity index is 1.89. The van der Waals surface area contributed by atoms with E-state index in [0.29, 0.717) is 35.1 Å². The molecule has 0 radical (unpaired) electrons. The van der Waals surface area contributed by atoms with E-state index in [4.69, 9.17) is 0 Å². The molecule has 5 nitrogen and oxygen atoms in total. The van der Waals surface area contributed by atoms with Gasteiger partial charge >= 0.3 is 0 Å². The maximum absolute atomic E-state index is 14.6. The number of fused-ring (bicyclic) bond motifs is 1. The van der Waals surface area contributed by atoms with Gasteiger partial charge in [0, 0.05) is 23.7 Å². The summed E-state index contributed by atoms with van der Waals surface area (Å²) in [6, 6.07) is 19.5. The Morgan fingerprint density at radius 2 is 1.79 bits per heavy atom. The van der Waals surface area contributed by atoms with Crippen molar-refractivity contribution in [2.75, 3.05) is 6.54 Å². The minimum atomic E-state index is -0.384. The molecule has 0 aliphatic rings. The summed E-state index contributed by atoms with van der Waals surface area (Å²) in [7, 11) is 0. The average Bonchev–Trinajstić information content (AvgIpc) is 3.17. The van der Waals surface area contributed by atoms with Crippen LogP contribution in [0.3, 0.4) is 0 Å². The smallest absolute Gasteiger partial charge is 0.270 e. The second kappa shape index (κ2) is 7.83. The molecule has 0 fully saturated rings. The number of hydrogen-bond donors (Lipinski definition) is 1. The lowest BCUT2D eigenvalue weighted by Gasteiger charge is -2.10. The summed E-state index contributed by atoms with van der Waals surface area (Å²) >= 11 is 0. The highest BCUT2D eigenvalue weighted by Crippen LogP contribution is 2.27. The van der Waals surface area contributed by atoms with Crippen LogP contribution in [0.4, 0.5) is 4.39 Å². The van der Waals surface area contributed by atoms with Gasteiger partial charge in [-0.3, -0.25) is 4.79 Å². The van der Waals surface area contributed by atoms with Gasteiger partial charge in [-0.25, -0.2) is 13.9 Å². The van der Waals surface area contributed by atoms with Crippen LogP contribution in [0.15, 0.2) is 66.7 Å². The van der Waals surface area contributed by atoms with Crippen molar-refractivity contribution >= 4 is 11.6 Å². The average molecular weight is 388 g/mol. The number of amides is 1. The van der Waals surface area contributed by atoms with Crippen LogP contribution >= 0.6 is 0 Å². The van der Waals surface area contributed by atoms with Crippen molar-refractivity contribution in [3.63, 3.8) is 0 Å². The third-order valence-corrected chi connectivity index (χ3v) is 4.55. The fourth-order valence-electron chi connectivity index (χ4n) is 3.09. The van der Waals surface area contributed by atoms with Gasteiger partial charge in [0.05, 0.1) is 11.4 Å². The molecular weight excluding hydrogens is 367 g/mol. The van der Waals surface area contributed by atoms with Gasteiger partial charge in [0.2, 0.25) is 0 Å². The van der Waals surface area contributed by atoms with E-state index in [2.05, 4.69) is 15.4 Å². The highest BCUT2D eigenvalue weighted by atomic mass is 19.1. The lowest BCUT2D eigenvalue weighted by atomic mass is 10.1. The number of carbonyl (C=O) groups is 1. The zero-order valence-corrected chi connectivity index (χ0v) is 16.3. The first kappa shape index (κ1) is 18.8. The molecule has 0 spiro atoms. The Kier molecular flexibility index (Phi) is 5.08. The first-order valence-corrected chi connectivity index (χ1v) is 9.52. The van der Waals surface area contributed by atoms with Crippen molar-refractivity contribution in [2.45, 2.75) is 13.8 Å². The van der Waals surface area contributed by atoms with Crippen LogP contribution in [0.25, 0.3) is 28.2 Å². The normalized spacial score (nSPS) is 11.2. The molecule has 4 aromatic rings. The minimum absolute atomic E-state index is 0.232. The highest BCUT2D eigenvalue weighted by molar-refractivity contribution is 5.94. The summed E-state index contributed by atoms with van der Waals surface area (Å²) in [4.78, 5) is 17.1. The summed E-state index contributed by atoms with van der Waals surface area (Å²) in [6.07, 6.45) is 0. The number of benzene rings is 2. The summed E-state index contributed by atoms with van der Waals surface area (Å²) in [5.41, 5.74) is 3.18. The first-order chi connectivity index (χ1) is 14.0. The van der Waals surface area contributed by atoms with Crippen molar-refractivity contribution in [3.8, 4) is 22.5 Å². The third kappa shape index (κ3) is 3.87. The van der Waals surface area contributed by atoms with Gasteiger partial charge < -0.3 is 5.32 Å². The third-order valence-electron chi connectivity index (χ3n) is 4.55. The lowest BCUT2D eigenvalue weighted by Crippen LogP contribution is -2.28. The van der Waals surface area contributed by atoms with Crippen LogP contribution in [0.2, 0.25) is 0 Å². The Labute approximate surface area is 168 Å². The van der Waals surface area contributed by atoms with Crippen molar-refractivity contribution < 1.29 is 9.18 Å². The van der Waals surface area contributed by atoms with Crippen LogP contribution in [0.5, 0.6) is 0 Å². The van der Waals surface area contributed by atoms with Gasteiger partial charge in [-0.05, 0) is 24.1 Å². The summed E-state index contributed by atoms with van der Waals surface area (Å²) < 4.78 is 16.1. The van der Waals surface area contributed by atoms with E-state index in [1.165, 1.54) is 6.07 Å². The summed E-state index contributed by atoms with van der Waals surface area (Å²) in [5, 5.41) is 7.50. The Morgan fingerprint density at radius 3 is 2.52 bits per heavy atom. The second-order valence-corrected chi connectivity index (χ2v) is 7.28. The maximum Gasteiger partial charge on any atom is 0.270 e. The van der Waals surface area contributed by atoms with Crippen LogP contribution < -0.4 is 5.32 Å². The zero-order valence-electron chi connectivity index (χ0n) is 16.3. The largest absolute Gasteiger partial charge is 0.350 e. The molecule has 0 atom stereocenters. The van der Waals surface area contributed by atoms with Gasteiger partial charge in [0.1, 0.15) is 11.5 Å². The van der Waals surface area contributed by atoms with E-state index in [1.54, 1.807) is 34.8 Å². The van der Waals surface area contributed by atoms with Gasteiger partial charge in [0.15, 0.2) is 5.65 Å². The quantitative estimate of drug-likeness (QED) is 0.544. The number of carbonyl (C=O) groups excluding carboxylic acids is 1. The Bertz CT molecular complexity index is 1170. The number of hydrogen-bond acceptors (Lipinski definition) is 3. The molecule has 0 aliphatic heterocycles. The predicted molar refractivity (Wildman–Crippen MR) is 111 cm³/mol. The molecule has 0 saturated carbocycles. The number of rotatable bonds is 5. The fraction of sp³-hybridized carbons (Fsp3) is 0.174. The summed E-state index contributed by atoms with van der Waals surface area (Å²) in [5.74, 6) is -0.361. The Hall–Kier alpha value is -3.54. The number of halogens is 1. The zero-order chi connectivity index (χ0) is 20.4. The fourth-order valence-corrected chi connectivity index (χ4v) is 3.09. The minimum Gasteiger partial charge on any atom is -0.350 e. The van der Waals surface area contributed by atoms with Gasteiger partial charge in [-0.2, -0.15) is 5.10 Å². The molecule has 2 aromatic heterocycles. The van der Waals surface area contributed by atoms with Gasteiger partial charge in [-0.1, -0.05) is 56.3 Å². The molecule has 2 aromatic carbocycles. The summed E-state index contributed by atoms with van der Waals surface area (Å²) in [6.45, 7) is 4.57. The molecule has 0 bridgehead atoms. The van der Waals surface area contributed by atoms with Gasteiger partial charge in [0.25, 0.3) is 5.91 Å². The highest BCUT2D eigenvalue weighted by Gasteiger charge is 2.18. The molecule has 0 unspecified atom stereocenters. The molecule has 29 heavy (non-hydrogen) atoms. The molecule has 146 valence electrons. The molecule has 0 aliphatic carbocycles. The standard InChI is InChI=1S/C23H21FN4O/c1-15(2)14-25-23(29)20-12-21(17-10-6-7-11-18(17)24)28-22(26-20)13-19(27-28)16-8-4-3-5-9-16/h3-13,15H,14H2,1-2H3,(H,25,29). The van der Waals surface area contributed by atoms with Crippen molar-refractivity contribution in [2.24, 2.45) is 5.92 Å². The topological polar surface area (TPSA) is 59.3 Å². The molecule has 6 heteroatoms. The van der Waals surface area contributed by atoms with E-state index in [-0.39, 0.29) is 17.4 Å². The Morgan fingerprint density at radius 1 is 1.07 bits per heavy atom. The predicted octanol–water partition coefficient (Wildman–Crippen LogP) is 4.59. The number of nitrogens with one attached hydrogen (secondary N) is 1. The van der Waals surface area contributed by atoms with Crippen LogP contribution in [0.1, 0.15) is 24.3 Å².